The maximum atomic E-state index is 14.3. The van der Waals surface area contributed by atoms with Crippen LogP contribution in [0.15, 0.2) is 61.2 Å². The molecular formula is C21H24FN3O4S. The van der Waals surface area contributed by atoms with Crippen molar-refractivity contribution < 1.29 is 22.4 Å². The van der Waals surface area contributed by atoms with Crippen LogP contribution in [0.3, 0.4) is 0 Å². The molecule has 2 aromatic carbocycles. The second-order valence-corrected chi connectivity index (χ2v) is 8.33. The van der Waals surface area contributed by atoms with E-state index in [-0.39, 0.29) is 29.9 Å². The summed E-state index contributed by atoms with van der Waals surface area (Å²) >= 11 is 0. The molecule has 0 fully saturated rings. The lowest BCUT2D eigenvalue weighted by Crippen LogP contribution is -2.47. The zero-order valence-electron chi connectivity index (χ0n) is 16.8. The van der Waals surface area contributed by atoms with Crippen molar-refractivity contribution in [2.24, 2.45) is 0 Å². The molecule has 0 saturated heterocycles. The smallest absolute Gasteiger partial charge is 0.253 e. The number of nitrogens with one attached hydrogen (secondary N) is 2. The Bertz CT molecular complexity index is 1040. The highest BCUT2D eigenvalue weighted by atomic mass is 32.2. The maximum absolute atomic E-state index is 14.3. The lowest BCUT2D eigenvalue weighted by molar-refractivity contribution is -0.117. The van der Waals surface area contributed by atoms with Crippen LogP contribution in [0.2, 0.25) is 0 Å². The minimum Gasteiger partial charge on any atom is -0.349 e. The second kappa shape index (κ2) is 10.0. The molecular weight excluding hydrogens is 409 g/mol. The number of hydrogen-bond donors (Lipinski definition) is 2. The predicted molar refractivity (Wildman–Crippen MR) is 115 cm³/mol. The number of halogens is 1. The highest BCUT2D eigenvalue weighted by molar-refractivity contribution is 7.92. The molecule has 0 aliphatic heterocycles. The summed E-state index contributed by atoms with van der Waals surface area (Å²) in [6.45, 7) is 5.39. The second-order valence-electron chi connectivity index (χ2n) is 6.47. The van der Waals surface area contributed by atoms with Gasteiger partial charge in [0.15, 0.2) is 0 Å². The summed E-state index contributed by atoms with van der Waals surface area (Å²) in [5.41, 5.74) is 0.197. The van der Waals surface area contributed by atoms with Gasteiger partial charge < -0.3 is 10.6 Å². The number of carbonyl (C=O) groups excluding carboxylic acids is 2. The van der Waals surface area contributed by atoms with Gasteiger partial charge in [-0.2, -0.15) is 0 Å². The van der Waals surface area contributed by atoms with E-state index in [0.717, 1.165) is 16.6 Å². The molecule has 2 amide bonds. The Labute approximate surface area is 175 Å². The highest BCUT2D eigenvalue weighted by Gasteiger charge is 2.33. The molecule has 0 aromatic heterocycles. The van der Waals surface area contributed by atoms with Crippen molar-refractivity contribution in [1.82, 2.24) is 5.32 Å². The van der Waals surface area contributed by atoms with Crippen LogP contribution in [0.25, 0.3) is 0 Å². The summed E-state index contributed by atoms with van der Waals surface area (Å²) in [4.78, 5) is 25.4. The summed E-state index contributed by atoms with van der Waals surface area (Å²) < 4.78 is 40.0. The van der Waals surface area contributed by atoms with Crippen molar-refractivity contribution in [2.45, 2.75) is 19.4 Å². The van der Waals surface area contributed by atoms with Crippen molar-refractivity contribution in [3.63, 3.8) is 0 Å². The van der Waals surface area contributed by atoms with Gasteiger partial charge in [0.05, 0.1) is 23.2 Å². The molecule has 9 heteroatoms. The summed E-state index contributed by atoms with van der Waals surface area (Å²) in [6.07, 6.45) is 2.51. The highest BCUT2D eigenvalue weighted by Crippen LogP contribution is 2.26. The first kappa shape index (κ1) is 23.1. The van der Waals surface area contributed by atoms with Crippen LogP contribution in [-0.2, 0) is 14.8 Å². The van der Waals surface area contributed by atoms with Gasteiger partial charge in [-0.25, -0.2) is 12.8 Å². The van der Waals surface area contributed by atoms with Crippen LogP contribution in [0.4, 0.5) is 15.8 Å². The van der Waals surface area contributed by atoms with Crippen molar-refractivity contribution in [1.29, 1.82) is 0 Å². The molecule has 0 saturated carbocycles. The maximum Gasteiger partial charge on any atom is 0.253 e. The molecule has 2 rings (SSSR count). The Morgan fingerprint density at radius 2 is 1.80 bits per heavy atom. The molecule has 0 aliphatic carbocycles. The van der Waals surface area contributed by atoms with Gasteiger partial charge in [-0.15, -0.1) is 6.58 Å². The van der Waals surface area contributed by atoms with Crippen molar-refractivity contribution in [3.8, 4) is 0 Å². The number of sulfonamides is 1. The molecule has 30 heavy (non-hydrogen) atoms. The van der Waals surface area contributed by atoms with Crippen molar-refractivity contribution in [3.05, 3.63) is 72.6 Å². The largest absolute Gasteiger partial charge is 0.349 e. The van der Waals surface area contributed by atoms with Gasteiger partial charge in [-0.1, -0.05) is 37.3 Å². The van der Waals surface area contributed by atoms with E-state index in [1.807, 2.05) is 0 Å². The standard InChI is InChI=1S/C21H24FN3O4S/c1-4-14-23-20(26)15-10-6-8-12-17(15)24-21(27)18(5-2)25(30(3,28)29)19-13-9-7-11-16(19)22/h4,6-13,18H,1,5,14H2,2-3H3,(H,23,26)(H,24,27). The number of para-hydroxylation sites is 2. The average molecular weight is 434 g/mol. The molecule has 0 bridgehead atoms. The van der Waals surface area contributed by atoms with Gasteiger partial charge in [-0.3, -0.25) is 13.9 Å². The Hall–Kier alpha value is -3.20. The number of anilines is 2. The Morgan fingerprint density at radius 1 is 1.17 bits per heavy atom. The lowest BCUT2D eigenvalue weighted by atomic mass is 10.1. The number of benzene rings is 2. The van der Waals surface area contributed by atoms with Crippen LogP contribution in [0.5, 0.6) is 0 Å². The summed E-state index contributed by atoms with van der Waals surface area (Å²) in [7, 11) is -3.99. The number of rotatable bonds is 9. The van der Waals surface area contributed by atoms with Crippen LogP contribution in [0.1, 0.15) is 23.7 Å². The minimum absolute atomic E-state index is 0.0814. The fourth-order valence-electron chi connectivity index (χ4n) is 2.93. The third kappa shape index (κ3) is 5.44. The SMILES string of the molecule is C=CCNC(=O)c1ccccc1NC(=O)C(CC)N(c1ccccc1F)S(C)(=O)=O. The van der Waals surface area contributed by atoms with E-state index in [0.29, 0.717) is 0 Å². The first-order chi connectivity index (χ1) is 14.2. The van der Waals surface area contributed by atoms with Crippen LogP contribution >= 0.6 is 0 Å². The van der Waals surface area contributed by atoms with Gasteiger partial charge in [0.2, 0.25) is 15.9 Å². The van der Waals surface area contributed by atoms with Gasteiger partial charge >= 0.3 is 0 Å². The van der Waals surface area contributed by atoms with E-state index in [1.54, 1.807) is 19.1 Å². The van der Waals surface area contributed by atoms with Crippen molar-refractivity contribution >= 4 is 33.2 Å². The van der Waals surface area contributed by atoms with Gasteiger partial charge in [0.1, 0.15) is 11.9 Å². The average Bonchev–Trinajstić information content (AvgIpc) is 2.70. The van der Waals surface area contributed by atoms with Gasteiger partial charge in [-0.05, 0) is 30.7 Å². The summed E-state index contributed by atoms with van der Waals surface area (Å²) in [6, 6.07) is 10.4. The Morgan fingerprint density at radius 3 is 2.40 bits per heavy atom. The van der Waals surface area contributed by atoms with Gasteiger partial charge in [0.25, 0.3) is 5.91 Å². The molecule has 7 nitrogen and oxygen atoms in total. The number of carbonyl (C=O) groups is 2. The molecule has 2 aromatic rings. The normalized spacial score (nSPS) is 12.0. The van der Waals surface area contributed by atoms with Crippen LogP contribution < -0.4 is 14.9 Å². The summed E-state index contributed by atoms with van der Waals surface area (Å²) in [5.74, 6) is -1.87. The molecule has 0 spiro atoms. The monoisotopic (exact) mass is 433 g/mol. The molecule has 1 atom stereocenters. The third-order valence-electron chi connectivity index (χ3n) is 4.26. The van der Waals surface area contributed by atoms with Crippen molar-refractivity contribution in [2.75, 3.05) is 22.4 Å². The first-order valence-corrected chi connectivity index (χ1v) is 11.1. The molecule has 0 heterocycles. The van der Waals surface area contributed by atoms with Crippen LogP contribution in [-0.4, -0.2) is 39.1 Å². The fraction of sp³-hybridized carbons (Fsp3) is 0.238. The molecule has 0 radical (unpaired) electrons. The quantitative estimate of drug-likeness (QED) is 0.595. The van der Waals surface area contributed by atoms with Gasteiger partial charge in [0, 0.05) is 6.54 Å². The van der Waals surface area contributed by atoms with E-state index in [4.69, 9.17) is 0 Å². The zero-order chi connectivity index (χ0) is 22.3. The Balaban J connectivity index is 2.40. The third-order valence-corrected chi connectivity index (χ3v) is 5.42. The number of nitrogens with zero attached hydrogens (tertiary/aromatic N) is 1. The molecule has 1 unspecified atom stereocenters. The molecule has 2 N–H and O–H groups in total. The predicted octanol–water partition coefficient (Wildman–Crippen LogP) is 2.92. The number of hydrogen-bond acceptors (Lipinski definition) is 4. The summed E-state index contributed by atoms with van der Waals surface area (Å²) in [5, 5.41) is 5.23. The van der Waals surface area contributed by atoms with Crippen LogP contribution in [0, 0.1) is 5.82 Å². The molecule has 160 valence electrons. The van der Waals surface area contributed by atoms with E-state index in [1.165, 1.54) is 36.4 Å². The van der Waals surface area contributed by atoms with E-state index in [9.17, 15) is 22.4 Å². The van der Waals surface area contributed by atoms with E-state index >= 15 is 0 Å². The fourth-order valence-corrected chi connectivity index (χ4v) is 4.14. The lowest BCUT2D eigenvalue weighted by Gasteiger charge is -2.30. The zero-order valence-corrected chi connectivity index (χ0v) is 17.6. The molecule has 0 aliphatic rings. The Kier molecular flexibility index (Phi) is 7.71. The first-order valence-electron chi connectivity index (χ1n) is 9.23. The van der Waals surface area contributed by atoms with E-state index in [2.05, 4.69) is 17.2 Å². The van der Waals surface area contributed by atoms with E-state index < -0.39 is 33.7 Å². The topological polar surface area (TPSA) is 95.6 Å². The number of amides is 2. The minimum atomic E-state index is -3.99.